The van der Waals surface area contributed by atoms with E-state index in [2.05, 4.69) is 10.6 Å². The predicted octanol–water partition coefficient (Wildman–Crippen LogP) is 5.22. The SMILES string of the molecule is COc1ccc(F)cc1-c1ccc2c(c1COc1ccccc1)NC(=O)C(C)(C)N2. The van der Waals surface area contributed by atoms with E-state index in [1.807, 2.05) is 56.3 Å². The van der Waals surface area contributed by atoms with E-state index in [1.165, 1.54) is 12.1 Å². The number of amides is 1. The van der Waals surface area contributed by atoms with Crippen molar-refractivity contribution in [1.29, 1.82) is 0 Å². The third-order valence-corrected chi connectivity index (χ3v) is 5.14. The number of hydrogen-bond acceptors (Lipinski definition) is 4. The maximum Gasteiger partial charge on any atom is 0.249 e. The fourth-order valence-electron chi connectivity index (χ4n) is 3.52. The molecule has 5 nitrogen and oxygen atoms in total. The molecule has 0 saturated heterocycles. The Morgan fingerprint density at radius 3 is 2.50 bits per heavy atom. The van der Waals surface area contributed by atoms with Crippen molar-refractivity contribution in [2.75, 3.05) is 17.7 Å². The van der Waals surface area contributed by atoms with Crippen LogP contribution in [0.3, 0.4) is 0 Å². The number of rotatable bonds is 5. The molecule has 0 fully saturated rings. The smallest absolute Gasteiger partial charge is 0.249 e. The van der Waals surface area contributed by atoms with E-state index in [0.717, 1.165) is 16.8 Å². The minimum absolute atomic E-state index is 0.153. The molecule has 0 spiro atoms. The van der Waals surface area contributed by atoms with Crippen LogP contribution >= 0.6 is 0 Å². The molecular formula is C24H23FN2O3. The number of hydrogen-bond donors (Lipinski definition) is 2. The van der Waals surface area contributed by atoms with Gasteiger partial charge in [0, 0.05) is 11.1 Å². The lowest BCUT2D eigenvalue weighted by Gasteiger charge is -2.34. The number of methoxy groups -OCH3 is 1. The molecule has 0 bridgehead atoms. The molecule has 154 valence electrons. The van der Waals surface area contributed by atoms with Crippen molar-refractivity contribution in [3.8, 4) is 22.6 Å². The maximum absolute atomic E-state index is 14.1. The van der Waals surface area contributed by atoms with Crippen LogP contribution < -0.4 is 20.1 Å². The molecule has 1 aliphatic heterocycles. The molecule has 1 amide bonds. The van der Waals surface area contributed by atoms with Gasteiger partial charge < -0.3 is 20.1 Å². The van der Waals surface area contributed by atoms with Crippen molar-refractivity contribution in [3.05, 3.63) is 72.0 Å². The van der Waals surface area contributed by atoms with Crippen LogP contribution in [0.25, 0.3) is 11.1 Å². The third kappa shape index (κ3) is 3.68. The molecular weight excluding hydrogens is 383 g/mol. The molecule has 30 heavy (non-hydrogen) atoms. The summed E-state index contributed by atoms with van der Waals surface area (Å²) < 4.78 is 25.5. The fourth-order valence-corrected chi connectivity index (χ4v) is 3.52. The number of ether oxygens (including phenoxy) is 2. The second-order valence-corrected chi connectivity index (χ2v) is 7.66. The number of nitrogens with one attached hydrogen (secondary N) is 2. The largest absolute Gasteiger partial charge is 0.496 e. The maximum atomic E-state index is 14.1. The van der Waals surface area contributed by atoms with Crippen LogP contribution in [-0.4, -0.2) is 18.6 Å². The number of benzene rings is 3. The summed E-state index contributed by atoms with van der Waals surface area (Å²) >= 11 is 0. The first-order valence-electron chi connectivity index (χ1n) is 9.66. The van der Waals surface area contributed by atoms with Crippen LogP contribution in [-0.2, 0) is 11.4 Å². The van der Waals surface area contributed by atoms with Crippen LogP contribution in [0.2, 0.25) is 0 Å². The molecule has 1 heterocycles. The van der Waals surface area contributed by atoms with Gasteiger partial charge in [-0.1, -0.05) is 24.3 Å². The second kappa shape index (κ2) is 7.71. The average molecular weight is 406 g/mol. The molecule has 6 heteroatoms. The number of anilines is 2. The first kappa shape index (κ1) is 19.8. The van der Waals surface area contributed by atoms with Crippen molar-refractivity contribution >= 4 is 17.3 Å². The van der Waals surface area contributed by atoms with Gasteiger partial charge in [-0.25, -0.2) is 4.39 Å². The van der Waals surface area contributed by atoms with E-state index < -0.39 is 5.54 Å². The predicted molar refractivity (Wildman–Crippen MR) is 115 cm³/mol. The number of carbonyl (C=O) groups is 1. The molecule has 0 radical (unpaired) electrons. The van der Waals surface area contributed by atoms with Gasteiger partial charge in [0.15, 0.2) is 0 Å². The summed E-state index contributed by atoms with van der Waals surface area (Å²) in [5.74, 6) is 0.705. The summed E-state index contributed by atoms with van der Waals surface area (Å²) in [6.07, 6.45) is 0. The lowest BCUT2D eigenvalue weighted by atomic mass is 9.93. The molecule has 3 aromatic rings. The van der Waals surface area contributed by atoms with Gasteiger partial charge in [0.05, 0.1) is 18.5 Å². The standard InChI is InChI=1S/C24H23FN2O3/c1-24(2)23(28)26-22-19(14-30-16-7-5-4-6-8-16)17(10-11-20(22)27-24)18-13-15(25)9-12-21(18)29-3/h4-13,27H,14H2,1-3H3,(H,26,28). The van der Waals surface area contributed by atoms with Gasteiger partial charge in [-0.15, -0.1) is 0 Å². The van der Waals surface area contributed by atoms with Gasteiger partial charge in [0.1, 0.15) is 29.5 Å². The molecule has 1 aliphatic rings. The van der Waals surface area contributed by atoms with E-state index in [-0.39, 0.29) is 18.3 Å². The van der Waals surface area contributed by atoms with E-state index in [1.54, 1.807) is 13.2 Å². The van der Waals surface area contributed by atoms with Gasteiger partial charge in [0.25, 0.3) is 0 Å². The Balaban J connectivity index is 1.85. The Labute approximate surface area is 174 Å². The Kier molecular flexibility index (Phi) is 5.08. The Morgan fingerprint density at radius 1 is 1.00 bits per heavy atom. The first-order valence-corrected chi connectivity index (χ1v) is 9.66. The van der Waals surface area contributed by atoms with Crippen LogP contribution in [0.4, 0.5) is 15.8 Å². The van der Waals surface area contributed by atoms with Crippen LogP contribution in [0.1, 0.15) is 19.4 Å². The van der Waals surface area contributed by atoms with Gasteiger partial charge >= 0.3 is 0 Å². The average Bonchev–Trinajstić information content (AvgIpc) is 2.73. The minimum Gasteiger partial charge on any atom is -0.496 e. The van der Waals surface area contributed by atoms with Gasteiger partial charge in [-0.2, -0.15) is 0 Å². The Hall–Kier alpha value is -3.54. The summed E-state index contributed by atoms with van der Waals surface area (Å²) in [6.45, 7) is 3.81. The normalized spacial score (nSPS) is 14.3. The Bertz CT molecular complexity index is 1100. The zero-order chi connectivity index (χ0) is 21.3. The lowest BCUT2D eigenvalue weighted by Crippen LogP contribution is -2.47. The summed E-state index contributed by atoms with van der Waals surface area (Å²) in [6, 6.07) is 17.5. The van der Waals surface area contributed by atoms with Crippen molar-refractivity contribution in [3.63, 3.8) is 0 Å². The van der Waals surface area contributed by atoms with Crippen molar-refractivity contribution in [2.45, 2.75) is 26.0 Å². The minimum atomic E-state index is -0.747. The number of carbonyl (C=O) groups excluding carboxylic acids is 1. The van der Waals surface area contributed by atoms with E-state index in [4.69, 9.17) is 9.47 Å². The summed E-state index contributed by atoms with van der Waals surface area (Å²) in [4.78, 5) is 12.6. The Morgan fingerprint density at radius 2 is 1.77 bits per heavy atom. The topological polar surface area (TPSA) is 59.6 Å². The van der Waals surface area contributed by atoms with Gasteiger partial charge in [-0.3, -0.25) is 4.79 Å². The summed E-state index contributed by atoms with van der Waals surface area (Å²) in [5.41, 5.74) is 2.71. The molecule has 0 saturated carbocycles. The van der Waals surface area contributed by atoms with Gasteiger partial charge in [0.2, 0.25) is 5.91 Å². The third-order valence-electron chi connectivity index (χ3n) is 5.14. The molecule has 0 aromatic heterocycles. The van der Waals surface area contributed by atoms with E-state index in [0.29, 0.717) is 22.7 Å². The molecule has 0 unspecified atom stereocenters. The molecule has 3 aromatic carbocycles. The van der Waals surface area contributed by atoms with E-state index in [9.17, 15) is 9.18 Å². The zero-order valence-corrected chi connectivity index (χ0v) is 17.1. The number of fused-ring (bicyclic) bond motifs is 1. The van der Waals surface area contributed by atoms with Crippen molar-refractivity contribution in [1.82, 2.24) is 0 Å². The lowest BCUT2D eigenvalue weighted by molar-refractivity contribution is -0.119. The molecule has 0 aliphatic carbocycles. The second-order valence-electron chi connectivity index (χ2n) is 7.66. The van der Waals surface area contributed by atoms with Crippen LogP contribution in [0.5, 0.6) is 11.5 Å². The molecule has 2 N–H and O–H groups in total. The fraction of sp³-hybridized carbons (Fsp3) is 0.208. The highest BCUT2D eigenvalue weighted by Gasteiger charge is 2.34. The zero-order valence-electron chi connectivity index (χ0n) is 17.1. The summed E-state index contributed by atoms with van der Waals surface area (Å²) in [5, 5.41) is 6.27. The van der Waals surface area contributed by atoms with Gasteiger partial charge in [-0.05, 0) is 55.8 Å². The molecule has 4 rings (SSSR count). The van der Waals surface area contributed by atoms with Crippen LogP contribution in [0.15, 0.2) is 60.7 Å². The van der Waals surface area contributed by atoms with Crippen molar-refractivity contribution < 1.29 is 18.7 Å². The highest BCUT2D eigenvalue weighted by Crippen LogP contribution is 2.42. The number of halogens is 1. The quantitative estimate of drug-likeness (QED) is 0.610. The number of para-hydroxylation sites is 1. The monoisotopic (exact) mass is 406 g/mol. The first-order chi connectivity index (χ1) is 14.4. The highest BCUT2D eigenvalue weighted by molar-refractivity contribution is 6.07. The van der Waals surface area contributed by atoms with Crippen molar-refractivity contribution in [2.24, 2.45) is 0 Å². The van der Waals surface area contributed by atoms with Crippen LogP contribution in [0, 0.1) is 5.82 Å². The van der Waals surface area contributed by atoms with E-state index >= 15 is 0 Å². The summed E-state index contributed by atoms with van der Waals surface area (Å²) in [7, 11) is 1.54. The molecule has 0 atom stereocenters. The highest BCUT2D eigenvalue weighted by atomic mass is 19.1.